The molecule has 0 aliphatic rings. The number of hydrogen-bond donors (Lipinski definition) is 1. The summed E-state index contributed by atoms with van der Waals surface area (Å²) in [7, 11) is 0. The van der Waals surface area contributed by atoms with Gasteiger partial charge < -0.3 is 5.32 Å². The topological polar surface area (TPSA) is 46.9 Å². The molecule has 1 aromatic carbocycles. The van der Waals surface area contributed by atoms with Crippen LogP contribution in [0.5, 0.6) is 0 Å². The van der Waals surface area contributed by atoms with Crippen molar-refractivity contribution in [3.05, 3.63) is 52.3 Å². The largest absolute Gasteiger partial charge is 0.352 e. The van der Waals surface area contributed by atoms with Gasteiger partial charge in [-0.2, -0.15) is 5.10 Å². The zero-order chi connectivity index (χ0) is 15.2. The first-order valence-corrected chi connectivity index (χ1v) is 7.56. The van der Waals surface area contributed by atoms with Crippen LogP contribution in [0.4, 0.5) is 0 Å². The lowest BCUT2D eigenvalue weighted by molar-refractivity contribution is 0.0952. The van der Waals surface area contributed by atoms with Crippen LogP contribution in [0.25, 0.3) is 0 Å². The van der Waals surface area contributed by atoms with Crippen LogP contribution in [0.15, 0.2) is 30.3 Å². The second-order valence-corrected chi connectivity index (χ2v) is 5.36. The fourth-order valence-electron chi connectivity index (χ4n) is 2.14. The quantitative estimate of drug-likeness (QED) is 0.831. The van der Waals surface area contributed by atoms with Gasteiger partial charge in [0.2, 0.25) is 0 Å². The second kappa shape index (κ2) is 7.27. The number of amides is 1. The molecule has 1 amide bonds. The summed E-state index contributed by atoms with van der Waals surface area (Å²) < 4.78 is 1.67. The van der Waals surface area contributed by atoms with E-state index in [0.717, 1.165) is 18.4 Å². The van der Waals surface area contributed by atoms with Gasteiger partial charge in [-0.3, -0.25) is 4.79 Å². The number of halogens is 1. The zero-order valence-electron chi connectivity index (χ0n) is 12.4. The number of rotatable bonds is 6. The van der Waals surface area contributed by atoms with E-state index in [-0.39, 0.29) is 5.91 Å². The predicted octanol–water partition coefficient (Wildman–Crippen LogP) is 3.42. The normalized spacial score (nSPS) is 10.6. The Kier molecular flexibility index (Phi) is 5.39. The molecule has 112 valence electrons. The molecule has 0 saturated carbocycles. The van der Waals surface area contributed by atoms with Gasteiger partial charge in [0.15, 0.2) is 0 Å². The number of aryl methyl sites for hydroxylation is 1. The van der Waals surface area contributed by atoms with E-state index in [4.69, 9.17) is 11.6 Å². The van der Waals surface area contributed by atoms with Crippen LogP contribution in [0.3, 0.4) is 0 Å². The Morgan fingerprint density at radius 3 is 2.71 bits per heavy atom. The van der Waals surface area contributed by atoms with Gasteiger partial charge >= 0.3 is 0 Å². The van der Waals surface area contributed by atoms with E-state index in [1.165, 1.54) is 0 Å². The molecule has 21 heavy (non-hydrogen) atoms. The average Bonchev–Trinajstić information content (AvgIpc) is 2.75. The van der Waals surface area contributed by atoms with Crippen molar-refractivity contribution in [2.24, 2.45) is 0 Å². The van der Waals surface area contributed by atoms with Crippen molar-refractivity contribution < 1.29 is 4.79 Å². The summed E-state index contributed by atoms with van der Waals surface area (Å²) in [6.45, 7) is 5.11. The number of nitrogens with zero attached hydrogens (tertiary/aromatic N) is 2. The van der Waals surface area contributed by atoms with E-state index < -0.39 is 0 Å². The van der Waals surface area contributed by atoms with Crippen LogP contribution in [0.1, 0.15) is 41.4 Å². The van der Waals surface area contributed by atoms with Crippen molar-refractivity contribution in [2.45, 2.75) is 33.2 Å². The number of aromatic nitrogens is 2. The smallest absolute Gasteiger partial charge is 0.256 e. The molecule has 0 bridgehead atoms. The number of nitrogens with one attached hydrogen (secondary N) is 1. The van der Waals surface area contributed by atoms with E-state index >= 15 is 0 Å². The summed E-state index contributed by atoms with van der Waals surface area (Å²) in [5.41, 5.74) is 2.23. The van der Waals surface area contributed by atoms with Crippen LogP contribution in [-0.4, -0.2) is 22.2 Å². The molecule has 0 radical (unpaired) electrons. The van der Waals surface area contributed by atoms with Gasteiger partial charge in [0.25, 0.3) is 5.91 Å². The molecular weight excluding hydrogens is 286 g/mol. The Balaban J connectivity index is 2.15. The van der Waals surface area contributed by atoms with Gasteiger partial charge in [-0.15, -0.1) is 0 Å². The molecule has 4 nitrogen and oxygen atoms in total. The lowest BCUT2D eigenvalue weighted by atomic mass is 10.2. The van der Waals surface area contributed by atoms with Crippen LogP contribution < -0.4 is 5.32 Å². The molecule has 1 heterocycles. The fourth-order valence-corrected chi connectivity index (χ4v) is 2.46. The van der Waals surface area contributed by atoms with E-state index in [2.05, 4.69) is 17.3 Å². The summed E-state index contributed by atoms with van der Waals surface area (Å²) in [6, 6.07) is 9.92. The van der Waals surface area contributed by atoms with Crippen LogP contribution >= 0.6 is 11.6 Å². The van der Waals surface area contributed by atoms with Crippen LogP contribution in [0, 0.1) is 6.92 Å². The SMILES string of the molecule is CCCCNC(=O)c1c(C)nn(Cc2ccccc2)c1Cl. The van der Waals surface area contributed by atoms with Crippen molar-refractivity contribution in [1.29, 1.82) is 0 Å². The number of carbonyl (C=O) groups excluding carboxylic acids is 1. The molecule has 0 atom stereocenters. The predicted molar refractivity (Wildman–Crippen MR) is 84.8 cm³/mol. The van der Waals surface area contributed by atoms with Gasteiger partial charge in [0.05, 0.1) is 17.8 Å². The van der Waals surface area contributed by atoms with Gasteiger partial charge in [0, 0.05) is 6.54 Å². The van der Waals surface area contributed by atoms with Crippen molar-refractivity contribution >= 4 is 17.5 Å². The van der Waals surface area contributed by atoms with Crippen LogP contribution in [0.2, 0.25) is 5.15 Å². The van der Waals surface area contributed by atoms with Gasteiger partial charge in [-0.05, 0) is 18.9 Å². The van der Waals surface area contributed by atoms with Crippen molar-refractivity contribution in [2.75, 3.05) is 6.54 Å². The molecular formula is C16H20ClN3O. The van der Waals surface area contributed by atoms with E-state index in [1.807, 2.05) is 37.3 Å². The van der Waals surface area contributed by atoms with Gasteiger partial charge in [-0.1, -0.05) is 55.3 Å². The van der Waals surface area contributed by atoms with Gasteiger partial charge in [-0.25, -0.2) is 4.68 Å². The zero-order valence-corrected chi connectivity index (χ0v) is 13.2. The molecule has 0 fully saturated rings. The van der Waals surface area contributed by atoms with Crippen molar-refractivity contribution in [3.63, 3.8) is 0 Å². The summed E-state index contributed by atoms with van der Waals surface area (Å²) in [4.78, 5) is 12.2. The standard InChI is InChI=1S/C16H20ClN3O/c1-3-4-10-18-16(21)14-12(2)19-20(15(14)17)11-13-8-6-5-7-9-13/h5-9H,3-4,10-11H2,1-2H3,(H,18,21). The Labute approximate surface area is 130 Å². The first-order chi connectivity index (χ1) is 10.1. The summed E-state index contributed by atoms with van der Waals surface area (Å²) in [6.07, 6.45) is 2.00. The first kappa shape index (κ1) is 15.6. The minimum absolute atomic E-state index is 0.148. The molecule has 1 N–H and O–H groups in total. The highest BCUT2D eigenvalue weighted by Gasteiger charge is 2.19. The fraction of sp³-hybridized carbons (Fsp3) is 0.375. The highest BCUT2D eigenvalue weighted by atomic mass is 35.5. The van der Waals surface area contributed by atoms with E-state index in [1.54, 1.807) is 4.68 Å². The second-order valence-electron chi connectivity index (χ2n) is 5.00. The Bertz CT molecular complexity index is 607. The summed E-state index contributed by atoms with van der Waals surface area (Å²) in [5.74, 6) is -0.148. The Morgan fingerprint density at radius 2 is 2.05 bits per heavy atom. The molecule has 5 heteroatoms. The number of carbonyl (C=O) groups is 1. The van der Waals surface area contributed by atoms with Crippen molar-refractivity contribution in [3.8, 4) is 0 Å². The molecule has 2 aromatic rings. The van der Waals surface area contributed by atoms with Crippen molar-refractivity contribution in [1.82, 2.24) is 15.1 Å². The highest BCUT2D eigenvalue weighted by Crippen LogP contribution is 2.20. The lowest BCUT2D eigenvalue weighted by Crippen LogP contribution is -2.25. The third-order valence-corrected chi connectivity index (χ3v) is 3.67. The molecule has 0 unspecified atom stereocenters. The maximum Gasteiger partial charge on any atom is 0.256 e. The molecule has 0 aliphatic carbocycles. The number of unbranched alkanes of at least 4 members (excludes halogenated alkanes) is 1. The van der Waals surface area contributed by atoms with Crippen LogP contribution in [-0.2, 0) is 6.54 Å². The van der Waals surface area contributed by atoms with E-state index in [9.17, 15) is 4.79 Å². The maximum atomic E-state index is 12.2. The maximum absolute atomic E-state index is 12.2. The lowest BCUT2D eigenvalue weighted by Gasteiger charge is -2.05. The monoisotopic (exact) mass is 305 g/mol. The minimum Gasteiger partial charge on any atom is -0.352 e. The Hall–Kier alpha value is -1.81. The highest BCUT2D eigenvalue weighted by molar-refractivity contribution is 6.33. The average molecular weight is 306 g/mol. The summed E-state index contributed by atoms with van der Waals surface area (Å²) in [5, 5.41) is 7.65. The molecule has 1 aromatic heterocycles. The van der Waals surface area contributed by atoms with E-state index in [0.29, 0.717) is 29.5 Å². The Morgan fingerprint density at radius 1 is 1.33 bits per heavy atom. The molecule has 0 saturated heterocycles. The molecule has 2 rings (SSSR count). The third-order valence-electron chi connectivity index (χ3n) is 3.28. The van der Waals surface area contributed by atoms with Gasteiger partial charge in [0.1, 0.15) is 5.15 Å². The minimum atomic E-state index is -0.148. The number of hydrogen-bond acceptors (Lipinski definition) is 2. The first-order valence-electron chi connectivity index (χ1n) is 7.18. The summed E-state index contributed by atoms with van der Waals surface area (Å²) >= 11 is 6.33. The number of benzene rings is 1. The molecule has 0 spiro atoms. The molecule has 0 aliphatic heterocycles. The third kappa shape index (κ3) is 3.85.